The molecular formula is C14H18N2O4S. The molecule has 7 heteroatoms. The Morgan fingerprint density at radius 2 is 2.00 bits per heavy atom. The van der Waals surface area contributed by atoms with Gasteiger partial charge in [0.1, 0.15) is 9.88 Å². The van der Waals surface area contributed by atoms with E-state index in [-0.39, 0.29) is 24.3 Å². The zero-order chi connectivity index (χ0) is 15.6. The van der Waals surface area contributed by atoms with Crippen LogP contribution < -0.4 is 10.6 Å². The lowest BCUT2D eigenvalue weighted by molar-refractivity contribution is -0.117. The summed E-state index contributed by atoms with van der Waals surface area (Å²) in [7, 11) is 1.51. The summed E-state index contributed by atoms with van der Waals surface area (Å²) in [4.78, 5) is 36.2. The second-order valence-corrected chi connectivity index (χ2v) is 5.84. The molecule has 1 aliphatic carbocycles. The molecule has 1 heterocycles. The molecule has 114 valence electrons. The maximum atomic E-state index is 12.0. The zero-order valence-corrected chi connectivity index (χ0v) is 13.1. The molecular weight excluding hydrogens is 292 g/mol. The fourth-order valence-electron chi connectivity index (χ4n) is 1.95. The predicted molar refractivity (Wildman–Crippen MR) is 79.8 cm³/mol. The highest BCUT2D eigenvalue weighted by Crippen LogP contribution is 2.36. The molecule has 1 saturated carbocycles. The topological polar surface area (TPSA) is 84.5 Å². The number of hydrogen-bond acceptors (Lipinski definition) is 5. The summed E-state index contributed by atoms with van der Waals surface area (Å²) in [5.74, 6) is -0.879. The van der Waals surface area contributed by atoms with Crippen LogP contribution in [0.1, 0.15) is 45.4 Å². The number of anilines is 1. The van der Waals surface area contributed by atoms with Gasteiger partial charge in [0.05, 0.1) is 12.2 Å². The molecule has 0 aliphatic heterocycles. The van der Waals surface area contributed by atoms with Gasteiger partial charge in [-0.1, -0.05) is 0 Å². The monoisotopic (exact) mass is 310 g/mol. The highest BCUT2D eigenvalue weighted by molar-refractivity contribution is 7.18. The molecule has 0 unspecified atom stereocenters. The molecule has 2 rings (SSSR count). The number of thiophene rings is 1. The van der Waals surface area contributed by atoms with Crippen LogP contribution in [-0.2, 0) is 9.53 Å². The number of ether oxygens (including phenoxy) is 1. The van der Waals surface area contributed by atoms with Crippen molar-refractivity contribution in [2.24, 2.45) is 5.92 Å². The van der Waals surface area contributed by atoms with Crippen molar-refractivity contribution in [3.63, 3.8) is 0 Å². The Bertz CT molecular complexity index is 590. The number of rotatable bonds is 5. The maximum Gasteiger partial charge on any atom is 0.348 e. The molecule has 0 spiro atoms. The lowest BCUT2D eigenvalue weighted by Gasteiger charge is -2.05. The average molecular weight is 310 g/mol. The molecule has 1 aliphatic rings. The molecule has 0 atom stereocenters. The predicted octanol–water partition coefficient (Wildman–Crippen LogP) is 1.94. The van der Waals surface area contributed by atoms with Gasteiger partial charge < -0.3 is 15.4 Å². The van der Waals surface area contributed by atoms with Crippen LogP contribution in [-0.4, -0.2) is 31.4 Å². The van der Waals surface area contributed by atoms with E-state index in [0.29, 0.717) is 21.0 Å². The molecule has 6 nitrogen and oxygen atoms in total. The Kier molecular flexibility index (Phi) is 4.62. The van der Waals surface area contributed by atoms with Gasteiger partial charge in [-0.25, -0.2) is 4.79 Å². The van der Waals surface area contributed by atoms with Crippen molar-refractivity contribution in [3.8, 4) is 0 Å². The standard InChI is InChI=1S/C14H18N2O4S/c1-4-20-14(19)10-7(2)9(12(18)15-3)13(21-10)16-11(17)8-5-6-8/h8H,4-6H2,1-3H3,(H,15,18)(H,16,17). The van der Waals surface area contributed by atoms with Crippen molar-refractivity contribution in [2.45, 2.75) is 26.7 Å². The third-order valence-electron chi connectivity index (χ3n) is 3.25. The number of hydrogen-bond donors (Lipinski definition) is 2. The first-order valence-electron chi connectivity index (χ1n) is 6.83. The number of carbonyl (C=O) groups is 3. The van der Waals surface area contributed by atoms with Crippen LogP contribution in [0.25, 0.3) is 0 Å². The maximum absolute atomic E-state index is 12.0. The van der Waals surface area contributed by atoms with Gasteiger partial charge in [-0.15, -0.1) is 11.3 Å². The molecule has 2 N–H and O–H groups in total. The van der Waals surface area contributed by atoms with Gasteiger partial charge in [0.15, 0.2) is 0 Å². The number of nitrogens with one attached hydrogen (secondary N) is 2. The molecule has 0 bridgehead atoms. The van der Waals surface area contributed by atoms with E-state index in [4.69, 9.17) is 4.74 Å². The third kappa shape index (κ3) is 3.24. The highest BCUT2D eigenvalue weighted by atomic mass is 32.1. The van der Waals surface area contributed by atoms with E-state index in [0.717, 1.165) is 24.2 Å². The van der Waals surface area contributed by atoms with Crippen LogP contribution in [0.4, 0.5) is 5.00 Å². The van der Waals surface area contributed by atoms with Gasteiger partial charge in [-0.3, -0.25) is 9.59 Å². The van der Waals surface area contributed by atoms with Gasteiger partial charge >= 0.3 is 5.97 Å². The molecule has 1 aromatic heterocycles. The van der Waals surface area contributed by atoms with E-state index in [9.17, 15) is 14.4 Å². The third-order valence-corrected chi connectivity index (χ3v) is 4.43. The smallest absolute Gasteiger partial charge is 0.348 e. The van der Waals surface area contributed by atoms with Gasteiger partial charge in [0.2, 0.25) is 5.91 Å². The Hall–Kier alpha value is -1.89. The first-order chi connectivity index (χ1) is 9.99. The summed E-state index contributed by atoms with van der Waals surface area (Å²) in [5, 5.41) is 5.70. The molecule has 0 saturated heterocycles. The fraction of sp³-hybridized carbons (Fsp3) is 0.500. The van der Waals surface area contributed by atoms with Crippen molar-refractivity contribution in [2.75, 3.05) is 19.0 Å². The Morgan fingerprint density at radius 1 is 1.33 bits per heavy atom. The first-order valence-corrected chi connectivity index (χ1v) is 7.64. The van der Waals surface area contributed by atoms with Crippen LogP contribution in [0.3, 0.4) is 0 Å². The Morgan fingerprint density at radius 3 is 2.52 bits per heavy atom. The van der Waals surface area contributed by atoms with Gasteiger partial charge in [-0.2, -0.15) is 0 Å². The summed E-state index contributed by atoms with van der Waals surface area (Å²) < 4.78 is 4.98. The first kappa shape index (κ1) is 15.5. The molecule has 2 amide bonds. The minimum Gasteiger partial charge on any atom is -0.462 e. The van der Waals surface area contributed by atoms with E-state index in [1.165, 1.54) is 7.05 Å². The van der Waals surface area contributed by atoms with Crippen LogP contribution in [0, 0.1) is 12.8 Å². The Labute approximate surface area is 126 Å². The van der Waals surface area contributed by atoms with Crippen molar-refractivity contribution in [1.82, 2.24) is 5.32 Å². The average Bonchev–Trinajstić information content (AvgIpc) is 3.24. The number of esters is 1. The van der Waals surface area contributed by atoms with Crippen molar-refractivity contribution in [1.29, 1.82) is 0 Å². The SMILES string of the molecule is CCOC(=O)c1sc(NC(=O)C2CC2)c(C(=O)NC)c1C. The lowest BCUT2D eigenvalue weighted by Crippen LogP contribution is -2.21. The van der Waals surface area contributed by atoms with Gasteiger partial charge in [0, 0.05) is 13.0 Å². The van der Waals surface area contributed by atoms with Gasteiger partial charge in [0.25, 0.3) is 5.91 Å². The fourth-order valence-corrected chi connectivity index (χ4v) is 3.05. The molecule has 0 aromatic carbocycles. The van der Waals surface area contributed by atoms with Crippen molar-refractivity contribution >= 4 is 34.1 Å². The van der Waals surface area contributed by atoms with Gasteiger partial charge in [-0.05, 0) is 32.3 Å². The summed E-state index contributed by atoms with van der Waals surface area (Å²) in [5.41, 5.74) is 0.864. The largest absolute Gasteiger partial charge is 0.462 e. The van der Waals surface area contributed by atoms with E-state index in [1.807, 2.05) is 0 Å². The van der Waals surface area contributed by atoms with E-state index in [2.05, 4.69) is 10.6 Å². The second kappa shape index (κ2) is 6.26. The van der Waals surface area contributed by atoms with Crippen molar-refractivity contribution < 1.29 is 19.1 Å². The van der Waals surface area contributed by atoms with Crippen LogP contribution >= 0.6 is 11.3 Å². The van der Waals surface area contributed by atoms with E-state index >= 15 is 0 Å². The summed E-state index contributed by atoms with van der Waals surface area (Å²) in [6, 6.07) is 0. The minimum absolute atomic E-state index is 0.0241. The van der Waals surface area contributed by atoms with Crippen LogP contribution in [0.15, 0.2) is 0 Å². The molecule has 0 radical (unpaired) electrons. The zero-order valence-electron chi connectivity index (χ0n) is 12.2. The van der Waals surface area contributed by atoms with Crippen molar-refractivity contribution in [3.05, 3.63) is 16.0 Å². The number of amides is 2. The quantitative estimate of drug-likeness (QED) is 0.814. The van der Waals surface area contributed by atoms with Crippen LogP contribution in [0.5, 0.6) is 0 Å². The lowest BCUT2D eigenvalue weighted by atomic mass is 10.1. The summed E-state index contributed by atoms with van der Waals surface area (Å²) >= 11 is 1.08. The summed E-state index contributed by atoms with van der Waals surface area (Å²) in [6.07, 6.45) is 1.74. The highest BCUT2D eigenvalue weighted by Gasteiger charge is 2.32. The van der Waals surface area contributed by atoms with Crippen LogP contribution in [0.2, 0.25) is 0 Å². The molecule has 1 aromatic rings. The normalized spacial score (nSPS) is 13.7. The summed E-state index contributed by atoms with van der Waals surface area (Å²) in [6.45, 7) is 3.66. The molecule has 21 heavy (non-hydrogen) atoms. The minimum atomic E-state index is -0.475. The van der Waals surface area contributed by atoms with E-state index in [1.54, 1.807) is 13.8 Å². The van der Waals surface area contributed by atoms with E-state index < -0.39 is 5.97 Å². The molecule has 1 fully saturated rings. The Balaban J connectivity index is 2.36. The number of carbonyl (C=O) groups excluding carboxylic acids is 3. The second-order valence-electron chi connectivity index (χ2n) is 4.82.